The van der Waals surface area contributed by atoms with E-state index in [0.717, 1.165) is 5.56 Å². The quantitative estimate of drug-likeness (QED) is 0.807. The molecule has 1 aliphatic rings. The van der Waals surface area contributed by atoms with Crippen molar-refractivity contribution < 1.29 is 13.2 Å². The zero-order valence-electron chi connectivity index (χ0n) is 14.5. The van der Waals surface area contributed by atoms with E-state index < -0.39 is 15.1 Å². The fraction of sp³-hybridized carbons (Fsp3) is 0.368. The Bertz CT molecular complexity index is 907. The number of sulfone groups is 1. The SMILES string of the molecule is Cc1cccc(S(=O)(=O)C2CCC(NC(=O)c3ccnc(Cl)c3)CC2)c1. The van der Waals surface area contributed by atoms with Crippen molar-refractivity contribution in [3.05, 3.63) is 58.9 Å². The molecule has 0 bridgehead atoms. The van der Waals surface area contributed by atoms with Gasteiger partial charge in [0.05, 0.1) is 10.1 Å². The first-order valence-electron chi connectivity index (χ1n) is 8.59. The molecule has 1 N–H and O–H groups in total. The van der Waals surface area contributed by atoms with E-state index in [1.54, 1.807) is 24.3 Å². The molecule has 26 heavy (non-hydrogen) atoms. The average molecular weight is 393 g/mol. The second-order valence-electron chi connectivity index (χ2n) is 6.68. The lowest BCUT2D eigenvalue weighted by atomic mass is 9.95. The van der Waals surface area contributed by atoms with Gasteiger partial charge in [-0.25, -0.2) is 13.4 Å². The Morgan fingerprint density at radius 3 is 2.54 bits per heavy atom. The standard InChI is InChI=1S/C19H21ClN2O3S/c1-13-3-2-4-17(11-13)26(24,25)16-7-5-15(6-8-16)22-19(23)14-9-10-21-18(20)12-14/h2-4,9-12,15-16H,5-8H2,1H3,(H,22,23). The molecule has 5 nitrogen and oxygen atoms in total. The van der Waals surface area contributed by atoms with Crippen molar-refractivity contribution in [1.29, 1.82) is 0 Å². The number of amides is 1. The number of pyridine rings is 1. The van der Waals surface area contributed by atoms with Crippen LogP contribution in [0.15, 0.2) is 47.5 Å². The number of hydrogen-bond donors (Lipinski definition) is 1. The van der Waals surface area contributed by atoms with E-state index in [9.17, 15) is 13.2 Å². The maximum absolute atomic E-state index is 12.8. The molecule has 3 rings (SSSR count). The highest BCUT2D eigenvalue weighted by molar-refractivity contribution is 7.92. The minimum Gasteiger partial charge on any atom is -0.349 e. The third-order valence-corrected chi connectivity index (χ3v) is 7.22. The Labute approximate surface area is 158 Å². The lowest BCUT2D eigenvalue weighted by molar-refractivity contribution is 0.0928. The number of carbonyl (C=O) groups excluding carboxylic acids is 1. The Morgan fingerprint density at radius 2 is 1.88 bits per heavy atom. The smallest absolute Gasteiger partial charge is 0.251 e. The Balaban J connectivity index is 1.61. The van der Waals surface area contributed by atoms with Crippen LogP contribution in [0.25, 0.3) is 0 Å². The zero-order chi connectivity index (χ0) is 18.7. The van der Waals surface area contributed by atoms with E-state index in [0.29, 0.717) is 36.1 Å². The molecule has 1 fully saturated rings. The van der Waals surface area contributed by atoms with Crippen molar-refractivity contribution in [3.63, 3.8) is 0 Å². The number of nitrogens with one attached hydrogen (secondary N) is 1. The highest BCUT2D eigenvalue weighted by atomic mass is 35.5. The van der Waals surface area contributed by atoms with Gasteiger partial charge in [0.1, 0.15) is 5.15 Å². The van der Waals surface area contributed by atoms with E-state index in [-0.39, 0.29) is 17.1 Å². The summed E-state index contributed by atoms with van der Waals surface area (Å²) in [5, 5.41) is 2.84. The Kier molecular flexibility index (Phi) is 5.63. The van der Waals surface area contributed by atoms with Crippen molar-refractivity contribution in [3.8, 4) is 0 Å². The summed E-state index contributed by atoms with van der Waals surface area (Å²) in [4.78, 5) is 16.5. The van der Waals surface area contributed by atoms with E-state index in [1.807, 2.05) is 13.0 Å². The number of nitrogens with zero attached hydrogens (tertiary/aromatic N) is 1. The number of rotatable bonds is 4. The van der Waals surface area contributed by atoms with Crippen LogP contribution in [0.4, 0.5) is 0 Å². The molecule has 2 aromatic rings. The summed E-state index contributed by atoms with van der Waals surface area (Å²) in [6.45, 7) is 1.89. The summed E-state index contributed by atoms with van der Waals surface area (Å²) in [6, 6.07) is 10.1. The van der Waals surface area contributed by atoms with Gasteiger partial charge < -0.3 is 5.32 Å². The molecule has 138 valence electrons. The third-order valence-electron chi connectivity index (χ3n) is 4.76. The van der Waals surface area contributed by atoms with Crippen LogP contribution in [0.3, 0.4) is 0 Å². The van der Waals surface area contributed by atoms with E-state index >= 15 is 0 Å². The van der Waals surface area contributed by atoms with Crippen LogP contribution in [0, 0.1) is 6.92 Å². The highest BCUT2D eigenvalue weighted by Gasteiger charge is 2.32. The Morgan fingerprint density at radius 1 is 1.15 bits per heavy atom. The van der Waals surface area contributed by atoms with Gasteiger partial charge in [0.2, 0.25) is 0 Å². The fourth-order valence-corrected chi connectivity index (χ4v) is 5.38. The number of benzene rings is 1. The van der Waals surface area contributed by atoms with Crippen molar-refractivity contribution in [1.82, 2.24) is 10.3 Å². The van der Waals surface area contributed by atoms with Crippen LogP contribution in [0.5, 0.6) is 0 Å². The largest absolute Gasteiger partial charge is 0.349 e. The molecule has 0 atom stereocenters. The topological polar surface area (TPSA) is 76.1 Å². The minimum atomic E-state index is -3.33. The molecular formula is C19H21ClN2O3S. The number of aryl methyl sites for hydroxylation is 1. The molecule has 1 saturated carbocycles. The Hall–Kier alpha value is -1.92. The summed E-state index contributed by atoms with van der Waals surface area (Å²) in [5.74, 6) is -0.209. The van der Waals surface area contributed by atoms with Gasteiger partial charge in [-0.3, -0.25) is 4.79 Å². The van der Waals surface area contributed by atoms with Gasteiger partial charge in [-0.05, 0) is 62.4 Å². The molecular weight excluding hydrogens is 372 g/mol. The van der Waals surface area contributed by atoms with Crippen molar-refractivity contribution in [2.24, 2.45) is 0 Å². The maximum atomic E-state index is 12.8. The number of carbonyl (C=O) groups is 1. The first-order chi connectivity index (χ1) is 12.4. The van der Waals surface area contributed by atoms with Crippen molar-refractivity contribution in [2.45, 2.75) is 48.8 Å². The van der Waals surface area contributed by atoms with Crippen LogP contribution in [-0.2, 0) is 9.84 Å². The van der Waals surface area contributed by atoms with E-state index in [2.05, 4.69) is 10.3 Å². The number of aromatic nitrogens is 1. The predicted octanol–water partition coefficient (Wildman–Crippen LogP) is 3.56. The molecule has 0 spiro atoms. The third kappa shape index (κ3) is 4.24. The van der Waals surface area contributed by atoms with E-state index in [4.69, 9.17) is 11.6 Å². The van der Waals surface area contributed by atoms with Gasteiger partial charge in [0, 0.05) is 17.8 Å². The first kappa shape index (κ1) is 18.9. The zero-order valence-corrected chi connectivity index (χ0v) is 16.1. The predicted molar refractivity (Wildman–Crippen MR) is 101 cm³/mol. The first-order valence-corrected chi connectivity index (χ1v) is 10.5. The van der Waals surface area contributed by atoms with Crippen LogP contribution >= 0.6 is 11.6 Å². The van der Waals surface area contributed by atoms with Crippen LogP contribution < -0.4 is 5.32 Å². The van der Waals surface area contributed by atoms with Crippen LogP contribution in [-0.4, -0.2) is 30.6 Å². The van der Waals surface area contributed by atoms with Gasteiger partial charge in [-0.1, -0.05) is 23.7 Å². The molecule has 1 amide bonds. The van der Waals surface area contributed by atoms with Crippen LogP contribution in [0.1, 0.15) is 41.6 Å². The van der Waals surface area contributed by atoms with Crippen molar-refractivity contribution >= 4 is 27.3 Å². The summed E-state index contributed by atoms with van der Waals surface area (Å²) >= 11 is 5.81. The normalized spacial score (nSPS) is 20.5. The molecule has 0 saturated heterocycles. The lowest BCUT2D eigenvalue weighted by Crippen LogP contribution is -2.40. The summed E-state index contributed by atoms with van der Waals surface area (Å²) in [7, 11) is -3.33. The highest BCUT2D eigenvalue weighted by Crippen LogP contribution is 2.29. The van der Waals surface area contributed by atoms with Gasteiger partial charge in [-0.15, -0.1) is 0 Å². The summed E-state index contributed by atoms with van der Waals surface area (Å²) < 4.78 is 25.6. The average Bonchev–Trinajstić information content (AvgIpc) is 2.62. The molecule has 0 unspecified atom stereocenters. The molecule has 1 aromatic carbocycles. The van der Waals surface area contributed by atoms with Gasteiger partial charge in [-0.2, -0.15) is 0 Å². The molecule has 1 aliphatic carbocycles. The van der Waals surface area contributed by atoms with Crippen molar-refractivity contribution in [2.75, 3.05) is 0 Å². The second kappa shape index (κ2) is 7.76. The molecule has 1 heterocycles. The maximum Gasteiger partial charge on any atom is 0.251 e. The lowest BCUT2D eigenvalue weighted by Gasteiger charge is -2.29. The number of halogens is 1. The van der Waals surface area contributed by atoms with Gasteiger partial charge in [0.15, 0.2) is 9.84 Å². The summed E-state index contributed by atoms with van der Waals surface area (Å²) in [6.07, 6.45) is 3.85. The monoisotopic (exact) mass is 392 g/mol. The van der Waals surface area contributed by atoms with Gasteiger partial charge in [0.25, 0.3) is 5.91 Å². The molecule has 7 heteroatoms. The van der Waals surface area contributed by atoms with Gasteiger partial charge >= 0.3 is 0 Å². The minimum absolute atomic E-state index is 0.0293. The molecule has 0 aliphatic heterocycles. The molecule has 1 aromatic heterocycles. The fourth-order valence-electron chi connectivity index (χ4n) is 3.31. The molecule has 0 radical (unpaired) electrons. The van der Waals surface area contributed by atoms with Crippen LogP contribution in [0.2, 0.25) is 5.15 Å². The van der Waals surface area contributed by atoms with E-state index in [1.165, 1.54) is 12.3 Å². The number of hydrogen-bond acceptors (Lipinski definition) is 4. The summed E-state index contributed by atoms with van der Waals surface area (Å²) in [5.41, 5.74) is 1.39. The second-order valence-corrected chi connectivity index (χ2v) is 9.29.